The lowest BCUT2D eigenvalue weighted by Gasteiger charge is -2.13. The summed E-state index contributed by atoms with van der Waals surface area (Å²) in [5.41, 5.74) is 0.344. The molecule has 1 unspecified atom stereocenters. The first-order chi connectivity index (χ1) is 9.93. The van der Waals surface area contributed by atoms with E-state index in [9.17, 15) is 14.0 Å². The molecule has 0 aliphatic carbocycles. The molecule has 0 aliphatic heterocycles. The van der Waals surface area contributed by atoms with Crippen LogP contribution in [0.15, 0.2) is 24.3 Å². The van der Waals surface area contributed by atoms with E-state index in [1.54, 1.807) is 11.8 Å². The van der Waals surface area contributed by atoms with Crippen LogP contribution in [0, 0.1) is 5.82 Å². The molecule has 0 aliphatic rings. The Kier molecular flexibility index (Phi) is 6.94. The van der Waals surface area contributed by atoms with Crippen molar-refractivity contribution >= 4 is 29.7 Å². The molecule has 4 nitrogen and oxygen atoms in total. The summed E-state index contributed by atoms with van der Waals surface area (Å²) in [6, 6.07) is 3.96. The van der Waals surface area contributed by atoms with Gasteiger partial charge in [0.2, 0.25) is 0 Å². The molecule has 0 bridgehead atoms. The number of hydrogen-bond acceptors (Lipinski definition) is 3. The number of halogens is 1. The van der Waals surface area contributed by atoms with Crippen LogP contribution in [-0.2, 0) is 4.79 Å². The molecule has 1 aromatic rings. The van der Waals surface area contributed by atoms with E-state index in [-0.39, 0.29) is 23.1 Å². The van der Waals surface area contributed by atoms with Crippen LogP contribution in [-0.4, -0.2) is 34.5 Å². The Balaban J connectivity index is 2.74. The first-order valence-electron chi connectivity index (χ1n) is 6.53. The molecule has 0 fully saturated rings. The average Bonchev–Trinajstić information content (AvgIpc) is 2.43. The van der Waals surface area contributed by atoms with Gasteiger partial charge in [-0.15, -0.1) is 0 Å². The predicted octanol–water partition coefficient (Wildman–Crippen LogP) is 2.79. The number of carboxylic acids is 1. The van der Waals surface area contributed by atoms with Gasteiger partial charge < -0.3 is 10.4 Å². The number of aliphatic carboxylic acids is 1. The minimum absolute atomic E-state index is 0.00269. The highest BCUT2D eigenvalue weighted by Crippen LogP contribution is 2.13. The molecule has 1 rings (SSSR count). The van der Waals surface area contributed by atoms with Crippen LogP contribution in [0.25, 0.3) is 6.08 Å². The quantitative estimate of drug-likeness (QED) is 0.760. The lowest BCUT2D eigenvalue weighted by Crippen LogP contribution is -2.34. The molecule has 6 heteroatoms. The Morgan fingerprint density at radius 2 is 2.19 bits per heavy atom. The van der Waals surface area contributed by atoms with Gasteiger partial charge in [0, 0.05) is 29.0 Å². The second-order valence-corrected chi connectivity index (χ2v) is 5.76. The highest BCUT2D eigenvalue weighted by atomic mass is 32.2. The van der Waals surface area contributed by atoms with E-state index in [1.165, 1.54) is 12.1 Å². The van der Waals surface area contributed by atoms with Gasteiger partial charge in [0.05, 0.1) is 0 Å². The Hall–Kier alpha value is -1.82. The summed E-state index contributed by atoms with van der Waals surface area (Å²) in [6.45, 7) is 3.93. The molecular formula is C15H18FNO3S. The van der Waals surface area contributed by atoms with Crippen molar-refractivity contribution in [3.63, 3.8) is 0 Å². The van der Waals surface area contributed by atoms with Gasteiger partial charge >= 0.3 is 5.97 Å². The Morgan fingerprint density at radius 3 is 2.76 bits per heavy atom. The third kappa shape index (κ3) is 5.99. The second-order valence-electron chi connectivity index (χ2n) is 4.44. The minimum atomic E-state index is -1.15. The summed E-state index contributed by atoms with van der Waals surface area (Å²) in [5.74, 6) is -0.357. The normalized spacial score (nSPS) is 12.3. The molecule has 1 amide bonds. The van der Waals surface area contributed by atoms with E-state index in [0.29, 0.717) is 0 Å². The van der Waals surface area contributed by atoms with Crippen LogP contribution < -0.4 is 5.32 Å². The van der Waals surface area contributed by atoms with Crippen LogP contribution in [0.3, 0.4) is 0 Å². The summed E-state index contributed by atoms with van der Waals surface area (Å²) in [4.78, 5) is 22.3. The van der Waals surface area contributed by atoms with Crippen molar-refractivity contribution in [2.24, 2.45) is 0 Å². The fourth-order valence-corrected chi connectivity index (χ4v) is 2.28. The van der Waals surface area contributed by atoms with E-state index in [4.69, 9.17) is 5.11 Å². The van der Waals surface area contributed by atoms with Crippen molar-refractivity contribution in [3.05, 3.63) is 41.2 Å². The fourth-order valence-electron chi connectivity index (χ4n) is 1.61. The molecule has 0 heterocycles. The smallest absolute Gasteiger partial charge is 0.328 e. The van der Waals surface area contributed by atoms with Crippen molar-refractivity contribution in [2.45, 2.75) is 19.9 Å². The number of benzene rings is 1. The zero-order chi connectivity index (χ0) is 15.8. The third-order valence-corrected chi connectivity index (χ3v) is 3.76. The maximum atomic E-state index is 13.8. The van der Waals surface area contributed by atoms with Crippen molar-refractivity contribution in [2.75, 3.05) is 11.5 Å². The molecule has 0 saturated carbocycles. The van der Waals surface area contributed by atoms with Gasteiger partial charge in [0.25, 0.3) is 5.91 Å². The number of carbonyl (C=O) groups excluding carboxylic acids is 1. The van der Waals surface area contributed by atoms with Gasteiger partial charge in [-0.05, 0) is 30.9 Å². The van der Waals surface area contributed by atoms with Crippen LogP contribution in [0.2, 0.25) is 0 Å². The van der Waals surface area contributed by atoms with Gasteiger partial charge in [-0.25, -0.2) is 9.18 Å². The summed E-state index contributed by atoms with van der Waals surface area (Å²) in [7, 11) is 0. The van der Waals surface area contributed by atoms with E-state index in [2.05, 4.69) is 5.32 Å². The first-order valence-corrected chi connectivity index (χ1v) is 7.68. The highest BCUT2D eigenvalue weighted by molar-refractivity contribution is 7.99. The van der Waals surface area contributed by atoms with Crippen molar-refractivity contribution < 1.29 is 19.1 Å². The topological polar surface area (TPSA) is 66.4 Å². The summed E-state index contributed by atoms with van der Waals surface area (Å²) >= 11 is 1.71. The Morgan fingerprint density at radius 1 is 1.48 bits per heavy atom. The summed E-state index contributed by atoms with van der Waals surface area (Å²) in [6.07, 6.45) is 2.00. The molecule has 114 valence electrons. The SMILES string of the molecule is CCSCC(C)NC(=O)c1ccc(/C=C/C(=O)O)c(F)c1. The van der Waals surface area contributed by atoms with Crippen molar-refractivity contribution in [3.8, 4) is 0 Å². The number of carbonyl (C=O) groups is 2. The molecule has 0 saturated heterocycles. The highest BCUT2D eigenvalue weighted by Gasteiger charge is 2.11. The standard InChI is InChI=1S/C15H18FNO3S/c1-3-21-9-10(2)17-15(20)12-5-4-11(13(16)8-12)6-7-14(18)19/h4-8,10H,3,9H2,1-2H3,(H,17,20)(H,18,19)/b7-6+. The fraction of sp³-hybridized carbons (Fsp3) is 0.333. The van der Waals surface area contributed by atoms with Crippen molar-refractivity contribution in [1.82, 2.24) is 5.32 Å². The van der Waals surface area contributed by atoms with E-state index in [0.717, 1.165) is 29.7 Å². The van der Waals surface area contributed by atoms with Crippen molar-refractivity contribution in [1.29, 1.82) is 0 Å². The lowest BCUT2D eigenvalue weighted by atomic mass is 10.1. The number of amides is 1. The number of rotatable bonds is 7. The lowest BCUT2D eigenvalue weighted by molar-refractivity contribution is -0.131. The van der Waals surface area contributed by atoms with Gasteiger partial charge in [-0.2, -0.15) is 11.8 Å². The minimum Gasteiger partial charge on any atom is -0.478 e. The zero-order valence-corrected chi connectivity index (χ0v) is 12.7. The van der Waals surface area contributed by atoms with E-state index >= 15 is 0 Å². The van der Waals surface area contributed by atoms with Gasteiger partial charge in [-0.1, -0.05) is 13.0 Å². The average molecular weight is 311 g/mol. The number of thioether (sulfide) groups is 1. The maximum absolute atomic E-state index is 13.8. The molecule has 0 spiro atoms. The molecule has 1 aromatic carbocycles. The molecule has 2 N–H and O–H groups in total. The first kappa shape index (κ1) is 17.2. The monoisotopic (exact) mass is 311 g/mol. The molecule has 0 radical (unpaired) electrons. The number of hydrogen-bond donors (Lipinski definition) is 2. The zero-order valence-electron chi connectivity index (χ0n) is 11.9. The Labute approximate surface area is 127 Å². The van der Waals surface area contributed by atoms with E-state index in [1.807, 2.05) is 13.8 Å². The number of carboxylic acid groups (broad SMARTS) is 1. The van der Waals surface area contributed by atoms with Gasteiger partial charge in [0.15, 0.2) is 0 Å². The number of nitrogens with one attached hydrogen (secondary N) is 1. The van der Waals surface area contributed by atoms with E-state index < -0.39 is 11.8 Å². The van der Waals surface area contributed by atoms with Gasteiger partial charge in [-0.3, -0.25) is 4.79 Å². The summed E-state index contributed by atoms with van der Waals surface area (Å²) in [5, 5.41) is 11.3. The van der Waals surface area contributed by atoms with Crippen LogP contribution in [0.1, 0.15) is 29.8 Å². The second kappa shape index (κ2) is 8.46. The molecule has 1 atom stereocenters. The Bertz CT molecular complexity index is 546. The van der Waals surface area contributed by atoms with Crippen LogP contribution >= 0.6 is 11.8 Å². The summed E-state index contributed by atoms with van der Waals surface area (Å²) < 4.78 is 13.8. The maximum Gasteiger partial charge on any atom is 0.328 e. The largest absolute Gasteiger partial charge is 0.478 e. The molecule has 0 aromatic heterocycles. The van der Waals surface area contributed by atoms with Crippen LogP contribution in [0.5, 0.6) is 0 Å². The molecular weight excluding hydrogens is 293 g/mol. The third-order valence-electron chi connectivity index (χ3n) is 2.62. The van der Waals surface area contributed by atoms with Crippen LogP contribution in [0.4, 0.5) is 4.39 Å². The van der Waals surface area contributed by atoms with Gasteiger partial charge in [0.1, 0.15) is 5.82 Å². The predicted molar refractivity (Wildman–Crippen MR) is 83.0 cm³/mol. The molecule has 21 heavy (non-hydrogen) atoms.